The molecule has 0 bridgehead atoms. The van der Waals surface area contributed by atoms with Crippen LogP contribution in [0.4, 0.5) is 0 Å². The van der Waals surface area contributed by atoms with Crippen LogP contribution >= 0.6 is 0 Å². The first-order valence-electron chi connectivity index (χ1n) is 8.71. The second kappa shape index (κ2) is 5.64. The maximum absolute atomic E-state index is 5.33. The van der Waals surface area contributed by atoms with Crippen molar-refractivity contribution in [3.8, 4) is 5.75 Å². The van der Waals surface area contributed by atoms with E-state index in [4.69, 9.17) is 4.74 Å². The molecular formula is C19H27NO. The van der Waals surface area contributed by atoms with Gasteiger partial charge in [0.2, 0.25) is 0 Å². The summed E-state index contributed by atoms with van der Waals surface area (Å²) in [7, 11) is 1.75. The van der Waals surface area contributed by atoms with Gasteiger partial charge >= 0.3 is 0 Å². The highest BCUT2D eigenvalue weighted by Crippen LogP contribution is 2.49. The molecule has 2 nitrogen and oxygen atoms in total. The van der Waals surface area contributed by atoms with Gasteiger partial charge in [0, 0.05) is 6.04 Å². The number of nitrogens with one attached hydrogen (secondary N) is 1. The topological polar surface area (TPSA) is 21.3 Å². The molecule has 3 saturated carbocycles. The third-order valence-electron chi connectivity index (χ3n) is 5.80. The first-order valence-corrected chi connectivity index (χ1v) is 8.71. The van der Waals surface area contributed by atoms with Crippen LogP contribution in [0.2, 0.25) is 0 Å². The van der Waals surface area contributed by atoms with Crippen molar-refractivity contribution in [2.24, 2.45) is 17.8 Å². The predicted octanol–water partition coefficient (Wildman–Crippen LogP) is 3.97. The summed E-state index contributed by atoms with van der Waals surface area (Å²) >= 11 is 0. The molecule has 1 N–H and O–H groups in total. The lowest BCUT2D eigenvalue weighted by Gasteiger charge is -2.37. The molecule has 3 fully saturated rings. The molecule has 3 aliphatic rings. The standard InChI is InChI=1S/C19H27NO/c1-21-18-4-2-3-15(11-18)16-9-17(10-16)20-12-19(13-5-6-13)14-7-8-14/h2-4,11,13-14,16-17,19-20H,5-10,12H2,1H3. The Kier molecular flexibility index (Phi) is 3.66. The van der Waals surface area contributed by atoms with Gasteiger partial charge in [-0.2, -0.15) is 0 Å². The van der Waals surface area contributed by atoms with E-state index < -0.39 is 0 Å². The average Bonchev–Trinajstić information content (AvgIpc) is 3.35. The second-order valence-corrected chi connectivity index (χ2v) is 7.39. The van der Waals surface area contributed by atoms with Gasteiger partial charge in [-0.1, -0.05) is 12.1 Å². The molecule has 4 rings (SSSR count). The Morgan fingerprint density at radius 2 is 1.86 bits per heavy atom. The normalized spacial score (nSPS) is 28.5. The number of benzene rings is 1. The molecule has 3 aliphatic carbocycles. The molecule has 0 atom stereocenters. The van der Waals surface area contributed by atoms with Gasteiger partial charge < -0.3 is 10.1 Å². The summed E-state index contributed by atoms with van der Waals surface area (Å²) in [6, 6.07) is 9.36. The van der Waals surface area contributed by atoms with Crippen LogP contribution in [0.25, 0.3) is 0 Å². The fraction of sp³-hybridized carbons (Fsp3) is 0.684. The maximum Gasteiger partial charge on any atom is 0.119 e. The van der Waals surface area contributed by atoms with E-state index in [0.717, 1.165) is 35.5 Å². The highest BCUT2D eigenvalue weighted by atomic mass is 16.5. The van der Waals surface area contributed by atoms with E-state index in [1.165, 1.54) is 50.6 Å². The van der Waals surface area contributed by atoms with Gasteiger partial charge in [-0.3, -0.25) is 0 Å². The Labute approximate surface area is 128 Å². The summed E-state index contributed by atoms with van der Waals surface area (Å²) in [5, 5.41) is 3.86. The number of methoxy groups -OCH3 is 1. The first kappa shape index (κ1) is 13.6. The van der Waals surface area contributed by atoms with Crippen LogP contribution in [0.15, 0.2) is 24.3 Å². The van der Waals surface area contributed by atoms with E-state index in [0.29, 0.717) is 0 Å². The molecular weight excluding hydrogens is 258 g/mol. The maximum atomic E-state index is 5.33. The van der Waals surface area contributed by atoms with Crippen molar-refractivity contribution in [3.05, 3.63) is 29.8 Å². The molecule has 0 amide bonds. The highest BCUT2D eigenvalue weighted by Gasteiger charge is 2.41. The molecule has 0 aliphatic heterocycles. The van der Waals surface area contributed by atoms with Gasteiger partial charge in [0.05, 0.1) is 7.11 Å². The Balaban J connectivity index is 1.25. The quantitative estimate of drug-likeness (QED) is 0.818. The molecule has 0 saturated heterocycles. The lowest BCUT2D eigenvalue weighted by atomic mass is 9.75. The van der Waals surface area contributed by atoms with Gasteiger partial charge in [0.25, 0.3) is 0 Å². The molecule has 0 heterocycles. The monoisotopic (exact) mass is 285 g/mol. The Morgan fingerprint density at radius 3 is 2.48 bits per heavy atom. The molecule has 1 aromatic carbocycles. The number of ether oxygens (including phenoxy) is 1. The van der Waals surface area contributed by atoms with Crippen LogP contribution in [-0.4, -0.2) is 19.7 Å². The van der Waals surface area contributed by atoms with E-state index in [1.54, 1.807) is 7.11 Å². The van der Waals surface area contributed by atoms with Crippen molar-refractivity contribution in [3.63, 3.8) is 0 Å². The zero-order chi connectivity index (χ0) is 14.2. The van der Waals surface area contributed by atoms with Crippen molar-refractivity contribution in [2.45, 2.75) is 50.5 Å². The van der Waals surface area contributed by atoms with Crippen LogP contribution in [0.1, 0.15) is 50.0 Å². The third kappa shape index (κ3) is 3.11. The Morgan fingerprint density at radius 1 is 1.14 bits per heavy atom. The zero-order valence-corrected chi connectivity index (χ0v) is 13.1. The van der Waals surface area contributed by atoms with Crippen molar-refractivity contribution < 1.29 is 4.74 Å². The number of hydrogen-bond donors (Lipinski definition) is 1. The summed E-state index contributed by atoms with van der Waals surface area (Å²) in [6.07, 6.45) is 8.60. The summed E-state index contributed by atoms with van der Waals surface area (Å²) in [6.45, 7) is 1.28. The smallest absolute Gasteiger partial charge is 0.119 e. The average molecular weight is 285 g/mol. The van der Waals surface area contributed by atoms with E-state index in [2.05, 4.69) is 23.5 Å². The van der Waals surface area contributed by atoms with E-state index in [-0.39, 0.29) is 0 Å². The fourth-order valence-electron chi connectivity index (χ4n) is 4.02. The van der Waals surface area contributed by atoms with Crippen molar-refractivity contribution in [1.82, 2.24) is 5.32 Å². The Bertz CT molecular complexity index is 474. The summed E-state index contributed by atoms with van der Waals surface area (Å²) in [5.41, 5.74) is 1.45. The summed E-state index contributed by atoms with van der Waals surface area (Å²) < 4.78 is 5.33. The molecule has 1 aromatic rings. The molecule has 0 aromatic heterocycles. The summed E-state index contributed by atoms with van der Waals surface area (Å²) in [4.78, 5) is 0. The largest absolute Gasteiger partial charge is 0.497 e. The lowest BCUT2D eigenvalue weighted by Crippen LogP contribution is -2.42. The molecule has 0 radical (unpaired) electrons. The number of rotatable bonds is 7. The van der Waals surface area contributed by atoms with Gasteiger partial charge in [-0.15, -0.1) is 0 Å². The van der Waals surface area contributed by atoms with Crippen molar-refractivity contribution >= 4 is 0 Å². The minimum Gasteiger partial charge on any atom is -0.497 e. The summed E-state index contributed by atoms with van der Waals surface area (Å²) in [5.74, 6) is 4.86. The van der Waals surface area contributed by atoms with E-state index in [9.17, 15) is 0 Å². The van der Waals surface area contributed by atoms with Crippen molar-refractivity contribution in [1.29, 1.82) is 0 Å². The molecule has 0 spiro atoms. The van der Waals surface area contributed by atoms with Gasteiger partial charge in [0.1, 0.15) is 5.75 Å². The molecule has 21 heavy (non-hydrogen) atoms. The van der Waals surface area contributed by atoms with Crippen LogP contribution in [0.3, 0.4) is 0 Å². The van der Waals surface area contributed by atoms with Gasteiger partial charge in [-0.25, -0.2) is 0 Å². The lowest BCUT2D eigenvalue weighted by molar-refractivity contribution is 0.259. The van der Waals surface area contributed by atoms with E-state index in [1.807, 2.05) is 6.07 Å². The van der Waals surface area contributed by atoms with Crippen LogP contribution in [0, 0.1) is 17.8 Å². The van der Waals surface area contributed by atoms with Gasteiger partial charge in [-0.05, 0) is 86.4 Å². The second-order valence-electron chi connectivity index (χ2n) is 7.39. The predicted molar refractivity (Wildman–Crippen MR) is 85.7 cm³/mol. The van der Waals surface area contributed by atoms with Crippen LogP contribution in [-0.2, 0) is 0 Å². The minimum atomic E-state index is 0.734. The molecule has 114 valence electrons. The van der Waals surface area contributed by atoms with Crippen molar-refractivity contribution in [2.75, 3.05) is 13.7 Å². The number of hydrogen-bond acceptors (Lipinski definition) is 2. The first-order chi connectivity index (χ1) is 10.3. The van der Waals surface area contributed by atoms with Gasteiger partial charge in [0.15, 0.2) is 0 Å². The zero-order valence-electron chi connectivity index (χ0n) is 13.1. The fourth-order valence-corrected chi connectivity index (χ4v) is 4.02. The molecule has 0 unspecified atom stereocenters. The third-order valence-corrected chi connectivity index (χ3v) is 5.80. The highest BCUT2D eigenvalue weighted by molar-refractivity contribution is 5.32. The SMILES string of the molecule is COc1cccc(C2CC(NCC(C3CC3)C3CC3)C2)c1. The Hall–Kier alpha value is -1.02. The molecule has 2 heteroatoms. The minimum absolute atomic E-state index is 0.734. The van der Waals surface area contributed by atoms with E-state index >= 15 is 0 Å². The van der Waals surface area contributed by atoms with Crippen LogP contribution in [0.5, 0.6) is 5.75 Å². The van der Waals surface area contributed by atoms with Crippen LogP contribution < -0.4 is 10.1 Å².